The van der Waals surface area contributed by atoms with Crippen molar-refractivity contribution in [3.8, 4) is 11.3 Å². The van der Waals surface area contributed by atoms with Gasteiger partial charge in [-0.15, -0.1) is 11.3 Å². The second-order valence-corrected chi connectivity index (χ2v) is 7.65. The van der Waals surface area contributed by atoms with Crippen LogP contribution in [0.5, 0.6) is 0 Å². The molecule has 1 aromatic carbocycles. The average molecular weight is 395 g/mol. The van der Waals surface area contributed by atoms with Gasteiger partial charge in [0.15, 0.2) is 5.13 Å². The van der Waals surface area contributed by atoms with Gasteiger partial charge >= 0.3 is 0 Å². The number of nitrogens with zero attached hydrogens (tertiary/aromatic N) is 1. The molecule has 0 radical (unpaired) electrons. The Labute approximate surface area is 164 Å². The average Bonchev–Trinajstić information content (AvgIpc) is 3.08. The summed E-state index contributed by atoms with van der Waals surface area (Å²) in [4.78, 5) is 16.2. The van der Waals surface area contributed by atoms with E-state index < -0.39 is 11.6 Å². The molecule has 3 nitrogen and oxygen atoms in total. The first-order chi connectivity index (χ1) is 13.1. The number of anilines is 1. The summed E-state index contributed by atoms with van der Waals surface area (Å²) in [6, 6.07) is 3.38. The molecule has 27 heavy (non-hydrogen) atoms. The number of halogens is 2. The Morgan fingerprint density at radius 2 is 1.70 bits per heavy atom. The number of amides is 1. The fraction of sp³-hybridized carbons (Fsp3) is 0.524. The molecule has 0 aliphatic rings. The molecule has 0 atom stereocenters. The van der Waals surface area contributed by atoms with Crippen molar-refractivity contribution < 1.29 is 13.6 Å². The van der Waals surface area contributed by atoms with Crippen molar-refractivity contribution in [3.63, 3.8) is 0 Å². The number of carbonyl (C=O) groups excluding carboxylic acids is 1. The first kappa shape index (κ1) is 21.5. The molecule has 0 spiro atoms. The van der Waals surface area contributed by atoms with Crippen molar-refractivity contribution in [1.29, 1.82) is 0 Å². The third kappa shape index (κ3) is 7.75. The number of hydrogen-bond donors (Lipinski definition) is 1. The van der Waals surface area contributed by atoms with Crippen molar-refractivity contribution in [3.05, 3.63) is 35.2 Å². The largest absolute Gasteiger partial charge is 0.302 e. The Bertz CT molecular complexity index is 718. The van der Waals surface area contributed by atoms with Gasteiger partial charge in [0, 0.05) is 23.4 Å². The minimum atomic E-state index is -0.659. The first-order valence-electron chi connectivity index (χ1n) is 9.81. The molecule has 0 aliphatic carbocycles. The normalized spacial score (nSPS) is 10.9. The van der Waals surface area contributed by atoms with Crippen molar-refractivity contribution in [2.45, 2.75) is 71.1 Å². The number of benzene rings is 1. The highest BCUT2D eigenvalue weighted by atomic mass is 32.1. The van der Waals surface area contributed by atoms with Crippen molar-refractivity contribution in [2.24, 2.45) is 0 Å². The van der Waals surface area contributed by atoms with Gasteiger partial charge < -0.3 is 5.32 Å². The number of carbonyl (C=O) groups is 1. The van der Waals surface area contributed by atoms with Crippen LogP contribution in [0.4, 0.5) is 13.9 Å². The molecule has 0 saturated heterocycles. The summed E-state index contributed by atoms with van der Waals surface area (Å²) in [6.45, 7) is 2.22. The van der Waals surface area contributed by atoms with Crippen LogP contribution < -0.4 is 5.32 Å². The molecule has 0 bridgehead atoms. The molecule has 1 heterocycles. The van der Waals surface area contributed by atoms with Gasteiger partial charge in [-0.25, -0.2) is 13.8 Å². The standard InChI is InChI=1S/C21H28F2N2OS/c1-2-3-4-5-6-7-8-9-10-11-20(26)25-21-24-19(15-27-21)17-13-12-16(22)14-18(17)23/h12-15H,2-11H2,1H3,(H,24,25,26). The second kappa shape index (κ2) is 11.8. The zero-order chi connectivity index (χ0) is 19.5. The molecule has 2 rings (SSSR count). The van der Waals surface area contributed by atoms with Gasteiger partial charge in [-0.3, -0.25) is 4.79 Å². The van der Waals surface area contributed by atoms with Crippen LogP contribution in [0, 0.1) is 11.6 Å². The molecular formula is C21H28F2N2OS. The van der Waals surface area contributed by atoms with E-state index in [1.54, 1.807) is 5.38 Å². The van der Waals surface area contributed by atoms with E-state index in [1.807, 2.05) is 0 Å². The predicted molar refractivity (Wildman–Crippen MR) is 108 cm³/mol. The summed E-state index contributed by atoms with van der Waals surface area (Å²) in [7, 11) is 0. The van der Waals surface area contributed by atoms with E-state index in [9.17, 15) is 13.6 Å². The summed E-state index contributed by atoms with van der Waals surface area (Å²) in [5, 5.41) is 4.86. The quantitative estimate of drug-likeness (QED) is 0.396. The Morgan fingerprint density at radius 3 is 2.37 bits per heavy atom. The van der Waals surface area contributed by atoms with E-state index in [-0.39, 0.29) is 11.5 Å². The monoisotopic (exact) mass is 394 g/mol. The zero-order valence-corrected chi connectivity index (χ0v) is 16.7. The number of thiazole rings is 1. The maximum atomic E-state index is 13.8. The van der Waals surface area contributed by atoms with Crippen LogP contribution in [0.15, 0.2) is 23.6 Å². The van der Waals surface area contributed by atoms with Crippen LogP contribution in [0.25, 0.3) is 11.3 Å². The lowest BCUT2D eigenvalue weighted by atomic mass is 10.1. The Morgan fingerprint density at radius 1 is 1.04 bits per heavy atom. The van der Waals surface area contributed by atoms with Gasteiger partial charge in [0.05, 0.1) is 5.69 Å². The molecule has 0 unspecified atom stereocenters. The van der Waals surface area contributed by atoms with E-state index in [2.05, 4.69) is 17.2 Å². The molecule has 0 aliphatic heterocycles. The van der Waals surface area contributed by atoms with Crippen molar-refractivity contribution in [2.75, 3.05) is 5.32 Å². The van der Waals surface area contributed by atoms with Crippen LogP contribution in [0.2, 0.25) is 0 Å². The lowest BCUT2D eigenvalue weighted by Crippen LogP contribution is -2.10. The molecule has 0 fully saturated rings. The van der Waals surface area contributed by atoms with Crippen LogP contribution in [-0.2, 0) is 4.79 Å². The number of unbranched alkanes of at least 4 members (excludes halogenated alkanes) is 8. The van der Waals surface area contributed by atoms with Crippen LogP contribution >= 0.6 is 11.3 Å². The molecule has 1 N–H and O–H groups in total. The number of aromatic nitrogens is 1. The van der Waals surface area contributed by atoms with Gasteiger partial charge in [-0.2, -0.15) is 0 Å². The third-order valence-electron chi connectivity index (χ3n) is 4.47. The summed E-state index contributed by atoms with van der Waals surface area (Å²) in [5.74, 6) is -1.35. The number of rotatable bonds is 12. The molecule has 0 saturated carbocycles. The lowest BCUT2D eigenvalue weighted by molar-refractivity contribution is -0.116. The highest BCUT2D eigenvalue weighted by Gasteiger charge is 2.12. The highest BCUT2D eigenvalue weighted by Crippen LogP contribution is 2.27. The van der Waals surface area contributed by atoms with Gasteiger partial charge in [0.2, 0.25) is 5.91 Å². The van der Waals surface area contributed by atoms with Crippen LogP contribution in [0.3, 0.4) is 0 Å². The van der Waals surface area contributed by atoms with Gasteiger partial charge in [-0.1, -0.05) is 58.3 Å². The maximum Gasteiger partial charge on any atom is 0.226 e. The molecule has 2 aromatic rings. The van der Waals surface area contributed by atoms with E-state index in [0.29, 0.717) is 17.2 Å². The van der Waals surface area contributed by atoms with E-state index in [0.717, 1.165) is 18.9 Å². The maximum absolute atomic E-state index is 13.8. The summed E-state index contributed by atoms with van der Waals surface area (Å²) >= 11 is 1.24. The predicted octanol–water partition coefficient (Wildman–Crippen LogP) is 6.95. The second-order valence-electron chi connectivity index (χ2n) is 6.79. The van der Waals surface area contributed by atoms with E-state index >= 15 is 0 Å². The Hall–Kier alpha value is -1.82. The Balaban J connectivity index is 1.66. The summed E-state index contributed by atoms with van der Waals surface area (Å²) in [5.41, 5.74) is 0.628. The fourth-order valence-corrected chi connectivity index (χ4v) is 3.66. The van der Waals surface area contributed by atoms with Gasteiger partial charge in [0.25, 0.3) is 0 Å². The fourth-order valence-electron chi connectivity index (χ4n) is 2.93. The number of hydrogen-bond acceptors (Lipinski definition) is 3. The molecule has 1 amide bonds. The minimum Gasteiger partial charge on any atom is -0.302 e. The van der Waals surface area contributed by atoms with Crippen molar-refractivity contribution in [1.82, 2.24) is 4.98 Å². The molecule has 1 aromatic heterocycles. The minimum absolute atomic E-state index is 0.0709. The third-order valence-corrected chi connectivity index (χ3v) is 5.22. The topological polar surface area (TPSA) is 42.0 Å². The van der Waals surface area contributed by atoms with Crippen molar-refractivity contribution >= 4 is 22.4 Å². The SMILES string of the molecule is CCCCCCCCCCCC(=O)Nc1nc(-c2ccc(F)cc2F)cs1. The summed E-state index contributed by atoms with van der Waals surface area (Å²) < 4.78 is 26.8. The van der Waals surface area contributed by atoms with Crippen LogP contribution in [-0.4, -0.2) is 10.9 Å². The first-order valence-corrected chi connectivity index (χ1v) is 10.7. The smallest absolute Gasteiger partial charge is 0.226 e. The van der Waals surface area contributed by atoms with Crippen LogP contribution in [0.1, 0.15) is 71.1 Å². The zero-order valence-electron chi connectivity index (χ0n) is 15.9. The van der Waals surface area contributed by atoms with E-state index in [1.165, 1.54) is 68.4 Å². The number of nitrogens with one attached hydrogen (secondary N) is 1. The highest BCUT2D eigenvalue weighted by molar-refractivity contribution is 7.14. The summed E-state index contributed by atoms with van der Waals surface area (Å²) in [6.07, 6.45) is 11.3. The van der Waals surface area contributed by atoms with E-state index in [4.69, 9.17) is 0 Å². The Kier molecular flexibility index (Phi) is 9.39. The van der Waals surface area contributed by atoms with Gasteiger partial charge in [0.1, 0.15) is 11.6 Å². The molecule has 6 heteroatoms. The van der Waals surface area contributed by atoms with Gasteiger partial charge in [-0.05, 0) is 18.6 Å². The molecule has 148 valence electrons. The lowest BCUT2D eigenvalue weighted by Gasteiger charge is -2.03. The molecular weight excluding hydrogens is 366 g/mol.